The second kappa shape index (κ2) is 7.99. The summed E-state index contributed by atoms with van der Waals surface area (Å²) in [4.78, 5) is 35.0. The quantitative estimate of drug-likeness (QED) is 0.330. The second-order valence-electron chi connectivity index (χ2n) is 6.31. The monoisotopic (exact) mass is 371 g/mol. The van der Waals surface area contributed by atoms with E-state index < -0.39 is 22.7 Å². The Balaban J connectivity index is 2.33. The van der Waals surface area contributed by atoms with Gasteiger partial charge < -0.3 is 9.47 Å². The van der Waals surface area contributed by atoms with Crippen molar-refractivity contribution in [2.45, 2.75) is 33.8 Å². The number of aryl methyl sites for hydroxylation is 3. The van der Waals surface area contributed by atoms with E-state index in [0.29, 0.717) is 5.56 Å². The van der Waals surface area contributed by atoms with Crippen molar-refractivity contribution in [2.75, 3.05) is 7.11 Å². The number of hydrogen-bond acceptors (Lipinski definition) is 6. The molecule has 0 saturated heterocycles. The third-order valence-corrected chi connectivity index (χ3v) is 4.36. The Morgan fingerprint density at radius 3 is 2.26 bits per heavy atom. The number of benzene rings is 2. The van der Waals surface area contributed by atoms with Gasteiger partial charge in [-0.15, -0.1) is 0 Å². The Labute approximate surface area is 157 Å². The van der Waals surface area contributed by atoms with Gasteiger partial charge in [-0.1, -0.05) is 6.07 Å². The molecule has 7 nitrogen and oxygen atoms in total. The van der Waals surface area contributed by atoms with Gasteiger partial charge in [0.05, 0.1) is 17.6 Å². The van der Waals surface area contributed by atoms with Gasteiger partial charge in [0.1, 0.15) is 0 Å². The SMILES string of the molecule is COC(=O)c1ccc(O[C@H](C)C(=O)c2cc(C)c(C)cc2C)c([N+](=O)[O-])c1. The molecule has 0 spiro atoms. The highest BCUT2D eigenvalue weighted by Crippen LogP contribution is 2.30. The van der Waals surface area contributed by atoms with Crippen LogP contribution in [0.5, 0.6) is 5.75 Å². The lowest BCUT2D eigenvalue weighted by atomic mass is 9.96. The topological polar surface area (TPSA) is 95.7 Å². The first-order valence-corrected chi connectivity index (χ1v) is 8.31. The molecule has 0 aliphatic carbocycles. The van der Waals surface area contributed by atoms with Crippen LogP contribution in [0.4, 0.5) is 5.69 Å². The third kappa shape index (κ3) is 4.31. The number of rotatable bonds is 6. The lowest BCUT2D eigenvalue weighted by Crippen LogP contribution is -2.25. The van der Waals surface area contributed by atoms with Crippen molar-refractivity contribution in [1.82, 2.24) is 0 Å². The summed E-state index contributed by atoms with van der Waals surface area (Å²) in [6.07, 6.45) is -0.937. The fraction of sp³-hybridized carbons (Fsp3) is 0.300. The molecule has 0 N–H and O–H groups in total. The molecule has 2 aromatic rings. The summed E-state index contributed by atoms with van der Waals surface area (Å²) in [7, 11) is 1.19. The number of hydrogen-bond donors (Lipinski definition) is 0. The Kier molecular flexibility index (Phi) is 5.95. The molecule has 0 saturated carbocycles. The van der Waals surface area contributed by atoms with Crippen molar-refractivity contribution in [1.29, 1.82) is 0 Å². The van der Waals surface area contributed by atoms with E-state index in [-0.39, 0.29) is 17.1 Å². The van der Waals surface area contributed by atoms with Crippen LogP contribution in [0.15, 0.2) is 30.3 Å². The molecule has 2 aromatic carbocycles. The van der Waals surface area contributed by atoms with Crippen LogP contribution in [0, 0.1) is 30.9 Å². The minimum Gasteiger partial charge on any atom is -0.475 e. The molecule has 0 aliphatic rings. The van der Waals surface area contributed by atoms with Crippen LogP contribution in [0.3, 0.4) is 0 Å². The summed E-state index contributed by atoms with van der Waals surface area (Å²) < 4.78 is 10.1. The van der Waals surface area contributed by atoms with Crippen molar-refractivity contribution < 1.29 is 24.0 Å². The molecule has 7 heteroatoms. The Morgan fingerprint density at radius 1 is 1.04 bits per heavy atom. The predicted molar refractivity (Wildman–Crippen MR) is 99.5 cm³/mol. The second-order valence-corrected chi connectivity index (χ2v) is 6.31. The number of carbonyl (C=O) groups excluding carboxylic acids is 2. The van der Waals surface area contributed by atoms with Crippen LogP contribution in [0.25, 0.3) is 0 Å². The first kappa shape index (κ1) is 20.1. The Morgan fingerprint density at radius 2 is 1.67 bits per heavy atom. The fourth-order valence-electron chi connectivity index (χ4n) is 2.69. The Hall–Kier alpha value is -3.22. The number of methoxy groups -OCH3 is 1. The molecule has 0 heterocycles. The maximum absolute atomic E-state index is 12.8. The molecule has 0 amide bonds. The van der Waals surface area contributed by atoms with Crippen LogP contribution < -0.4 is 4.74 Å². The molecule has 0 bridgehead atoms. The number of Topliss-reactive ketones (excluding diaryl/α,β-unsaturated/α-hetero) is 1. The summed E-state index contributed by atoms with van der Waals surface area (Å²) in [5, 5.41) is 11.3. The number of nitro groups is 1. The van der Waals surface area contributed by atoms with Gasteiger partial charge in [-0.2, -0.15) is 0 Å². The highest BCUT2D eigenvalue weighted by molar-refractivity contribution is 6.01. The average molecular weight is 371 g/mol. The van der Waals surface area contributed by atoms with Crippen LogP contribution in [0.1, 0.15) is 44.3 Å². The van der Waals surface area contributed by atoms with Gasteiger partial charge in [0, 0.05) is 11.6 Å². The smallest absolute Gasteiger partial charge is 0.338 e. The normalized spacial score (nSPS) is 11.6. The molecule has 0 aliphatic heterocycles. The van der Waals surface area contributed by atoms with Crippen LogP contribution >= 0.6 is 0 Å². The lowest BCUT2D eigenvalue weighted by Gasteiger charge is -2.16. The standard InChI is InChI=1S/C20H21NO6/c1-11-8-13(3)16(9-12(11)2)19(22)14(4)27-18-7-6-15(20(23)26-5)10-17(18)21(24)25/h6-10,14H,1-5H3/t14-/m1/s1. The van der Waals surface area contributed by atoms with E-state index in [9.17, 15) is 19.7 Å². The van der Waals surface area contributed by atoms with Crippen LogP contribution in [0.2, 0.25) is 0 Å². The Bertz CT molecular complexity index is 919. The third-order valence-electron chi connectivity index (χ3n) is 4.36. The lowest BCUT2D eigenvalue weighted by molar-refractivity contribution is -0.386. The van der Waals surface area contributed by atoms with E-state index in [1.165, 1.54) is 26.2 Å². The van der Waals surface area contributed by atoms with E-state index in [2.05, 4.69) is 4.74 Å². The van der Waals surface area contributed by atoms with E-state index in [1.807, 2.05) is 26.8 Å². The zero-order valence-corrected chi connectivity index (χ0v) is 15.9. The number of carbonyl (C=O) groups is 2. The maximum atomic E-state index is 12.8. The van der Waals surface area contributed by atoms with Crippen molar-refractivity contribution in [3.05, 3.63) is 68.3 Å². The van der Waals surface area contributed by atoms with Crippen molar-refractivity contribution >= 4 is 17.4 Å². The van der Waals surface area contributed by atoms with Gasteiger partial charge in [0.25, 0.3) is 0 Å². The van der Waals surface area contributed by atoms with Crippen molar-refractivity contribution in [3.63, 3.8) is 0 Å². The fourth-order valence-corrected chi connectivity index (χ4v) is 2.69. The molecular formula is C20H21NO6. The van der Waals surface area contributed by atoms with E-state index >= 15 is 0 Å². The summed E-state index contributed by atoms with van der Waals surface area (Å²) in [5.41, 5.74) is 3.00. The molecule has 0 aromatic heterocycles. The first-order valence-electron chi connectivity index (χ1n) is 8.31. The zero-order chi connectivity index (χ0) is 20.3. The summed E-state index contributed by atoms with van der Waals surface area (Å²) >= 11 is 0. The van der Waals surface area contributed by atoms with Gasteiger partial charge in [-0.3, -0.25) is 14.9 Å². The summed E-state index contributed by atoms with van der Waals surface area (Å²) in [6, 6.07) is 7.43. The summed E-state index contributed by atoms with van der Waals surface area (Å²) in [6.45, 7) is 7.24. The highest BCUT2D eigenvalue weighted by Gasteiger charge is 2.25. The van der Waals surface area contributed by atoms with Crippen LogP contribution in [-0.2, 0) is 4.74 Å². The molecule has 142 valence electrons. The number of ketones is 1. The van der Waals surface area contributed by atoms with Gasteiger partial charge in [0.2, 0.25) is 5.78 Å². The van der Waals surface area contributed by atoms with Crippen molar-refractivity contribution in [3.8, 4) is 5.75 Å². The maximum Gasteiger partial charge on any atom is 0.338 e. The van der Waals surface area contributed by atoms with Gasteiger partial charge in [-0.25, -0.2) is 4.79 Å². The van der Waals surface area contributed by atoms with Crippen molar-refractivity contribution in [2.24, 2.45) is 0 Å². The van der Waals surface area contributed by atoms with Gasteiger partial charge >= 0.3 is 11.7 Å². The zero-order valence-electron chi connectivity index (χ0n) is 15.9. The van der Waals surface area contributed by atoms with E-state index in [1.54, 1.807) is 6.07 Å². The number of nitrogens with zero attached hydrogens (tertiary/aromatic N) is 1. The summed E-state index contributed by atoms with van der Waals surface area (Å²) in [5.74, 6) is -1.06. The predicted octanol–water partition coefficient (Wildman–Crippen LogP) is 3.96. The minimum absolute atomic E-state index is 0.0283. The van der Waals surface area contributed by atoms with Gasteiger partial charge in [-0.05, 0) is 62.6 Å². The number of nitro benzene ring substituents is 1. The molecule has 27 heavy (non-hydrogen) atoms. The molecule has 1 atom stereocenters. The van der Waals surface area contributed by atoms with E-state index in [4.69, 9.17) is 4.74 Å². The van der Waals surface area contributed by atoms with E-state index in [0.717, 1.165) is 22.8 Å². The highest BCUT2D eigenvalue weighted by atomic mass is 16.6. The number of esters is 1. The molecular weight excluding hydrogens is 350 g/mol. The van der Waals surface area contributed by atoms with Crippen LogP contribution in [-0.4, -0.2) is 29.9 Å². The molecule has 0 fully saturated rings. The average Bonchev–Trinajstić information content (AvgIpc) is 2.63. The first-order chi connectivity index (χ1) is 12.6. The number of ether oxygens (including phenoxy) is 2. The molecule has 0 radical (unpaired) electrons. The van der Waals surface area contributed by atoms with Gasteiger partial charge in [0.15, 0.2) is 11.9 Å². The minimum atomic E-state index is -0.937. The molecule has 2 rings (SSSR count). The molecule has 0 unspecified atom stereocenters. The largest absolute Gasteiger partial charge is 0.475 e.